The van der Waals surface area contributed by atoms with Crippen LogP contribution in [0, 0.1) is 0 Å². The maximum Gasteiger partial charge on any atom is 0.164 e. The molecule has 49 heavy (non-hydrogen) atoms. The number of fused-ring (bicyclic) bond motifs is 3. The molecule has 0 N–H and O–H groups in total. The van der Waals surface area contributed by atoms with Crippen molar-refractivity contribution in [3.05, 3.63) is 182 Å². The molecule has 0 fully saturated rings. The summed E-state index contributed by atoms with van der Waals surface area (Å²) in [5.41, 5.74) is 5.97. The van der Waals surface area contributed by atoms with Crippen molar-refractivity contribution in [3.8, 4) is 62.1 Å². The summed E-state index contributed by atoms with van der Waals surface area (Å²) in [6, 6.07) is 39.1. The van der Waals surface area contributed by atoms with Crippen LogP contribution in [0.25, 0.3) is 83.9 Å². The van der Waals surface area contributed by atoms with Crippen molar-refractivity contribution in [1.29, 1.82) is 0 Å². The van der Waals surface area contributed by atoms with E-state index in [0.29, 0.717) is 34.3 Å². The fourth-order valence-corrected chi connectivity index (χ4v) is 6.25. The zero-order chi connectivity index (χ0) is 39.5. The fourth-order valence-electron chi connectivity index (χ4n) is 6.25. The van der Waals surface area contributed by atoms with Gasteiger partial charge in [-0.05, 0) is 52.5 Å². The van der Waals surface area contributed by atoms with Crippen LogP contribution in [0.2, 0.25) is 0 Å². The van der Waals surface area contributed by atoms with E-state index < -0.39 is 36.3 Å². The molecule has 0 unspecified atom stereocenters. The third-order valence-electron chi connectivity index (χ3n) is 8.49. The molecule has 0 atom stereocenters. The number of nitrogens with zero attached hydrogens (tertiary/aromatic N) is 4. The summed E-state index contributed by atoms with van der Waals surface area (Å²) < 4.78 is 72.2. The van der Waals surface area contributed by atoms with E-state index in [4.69, 9.17) is 25.9 Å². The Morgan fingerprint density at radius 3 is 1.33 bits per heavy atom. The predicted molar refractivity (Wildman–Crippen MR) is 201 cm³/mol. The molecule has 0 amide bonds. The van der Waals surface area contributed by atoms with E-state index >= 15 is 0 Å². The number of para-hydroxylation sites is 2. The van der Waals surface area contributed by atoms with Crippen LogP contribution in [-0.2, 0) is 0 Å². The van der Waals surface area contributed by atoms with Gasteiger partial charge in [0.2, 0.25) is 0 Å². The molecular formula is C45H30N4. The topological polar surface area (TPSA) is 43.6 Å². The lowest BCUT2D eigenvalue weighted by molar-refractivity contribution is 1.07. The van der Waals surface area contributed by atoms with Crippen LogP contribution in [0.4, 0.5) is 0 Å². The van der Waals surface area contributed by atoms with Crippen LogP contribution in [0.1, 0.15) is 11.0 Å². The molecule has 4 heteroatoms. The molecule has 0 saturated heterocycles. The summed E-state index contributed by atoms with van der Waals surface area (Å²) in [5, 5.41) is -0.00458. The minimum absolute atomic E-state index is 0.00229. The molecule has 0 aliphatic carbocycles. The van der Waals surface area contributed by atoms with Crippen molar-refractivity contribution in [2.75, 3.05) is 0 Å². The molecule has 0 spiro atoms. The minimum atomic E-state index is -0.503. The Hall–Kier alpha value is -6.65. The zero-order valence-electron chi connectivity index (χ0n) is 34.0. The van der Waals surface area contributed by atoms with E-state index in [1.807, 2.05) is 127 Å². The van der Waals surface area contributed by atoms with Gasteiger partial charge in [-0.15, -0.1) is 0 Å². The van der Waals surface area contributed by atoms with Crippen LogP contribution in [-0.4, -0.2) is 19.5 Å². The highest BCUT2D eigenvalue weighted by Crippen LogP contribution is 2.38. The van der Waals surface area contributed by atoms with Crippen molar-refractivity contribution in [3.63, 3.8) is 0 Å². The van der Waals surface area contributed by atoms with Gasteiger partial charge in [0.15, 0.2) is 17.5 Å². The van der Waals surface area contributed by atoms with Crippen molar-refractivity contribution < 1.29 is 11.0 Å². The standard InChI is InChI=1S/C45H30N4/c1-4-16-31(17-5-1)37-22-10-11-23-38(37)34-28-35(30-36(29-34)49-41-26-14-12-24-39(41)40-25-13-15-27-42(40)49)45-47-43(32-18-6-2-7-19-32)46-44(48-45)33-20-8-3-9-21-33/h1-30H/i12D,13D,14D,15D,24D,25D,26D,27D. The first-order valence-corrected chi connectivity index (χ1v) is 15.8. The molecule has 0 aliphatic heterocycles. The summed E-state index contributed by atoms with van der Waals surface area (Å²) in [6.07, 6.45) is 0. The van der Waals surface area contributed by atoms with Crippen LogP contribution >= 0.6 is 0 Å². The number of hydrogen-bond donors (Lipinski definition) is 0. The maximum atomic E-state index is 9.16. The normalized spacial score (nSPS) is 13.6. The molecule has 0 radical (unpaired) electrons. The third-order valence-corrected chi connectivity index (χ3v) is 8.49. The van der Waals surface area contributed by atoms with Gasteiger partial charge in [0, 0.05) is 33.2 Å². The number of rotatable bonds is 6. The van der Waals surface area contributed by atoms with Gasteiger partial charge in [-0.2, -0.15) is 0 Å². The Labute approximate surface area is 295 Å². The van der Waals surface area contributed by atoms with Crippen molar-refractivity contribution >= 4 is 21.8 Å². The van der Waals surface area contributed by atoms with Gasteiger partial charge in [-0.1, -0.05) is 152 Å². The van der Waals surface area contributed by atoms with Gasteiger partial charge in [-0.25, -0.2) is 15.0 Å². The molecule has 230 valence electrons. The predicted octanol–water partition coefficient (Wildman–Crippen LogP) is 11.3. The highest BCUT2D eigenvalue weighted by Gasteiger charge is 2.18. The van der Waals surface area contributed by atoms with Crippen molar-refractivity contribution in [1.82, 2.24) is 19.5 Å². The molecule has 0 bridgehead atoms. The minimum Gasteiger partial charge on any atom is -0.309 e. The lowest BCUT2D eigenvalue weighted by Crippen LogP contribution is -2.02. The van der Waals surface area contributed by atoms with Crippen LogP contribution in [0.15, 0.2) is 182 Å². The quantitative estimate of drug-likeness (QED) is 0.183. The Kier molecular flexibility index (Phi) is 5.29. The second kappa shape index (κ2) is 12.2. The van der Waals surface area contributed by atoms with E-state index in [-0.39, 0.29) is 33.9 Å². The molecule has 9 aromatic rings. The van der Waals surface area contributed by atoms with E-state index in [9.17, 15) is 0 Å². The Morgan fingerprint density at radius 1 is 0.388 bits per heavy atom. The second-order valence-electron chi connectivity index (χ2n) is 11.5. The lowest BCUT2D eigenvalue weighted by Gasteiger charge is -2.16. The van der Waals surface area contributed by atoms with Gasteiger partial charge in [0.05, 0.1) is 22.0 Å². The number of hydrogen-bond acceptors (Lipinski definition) is 3. The summed E-state index contributed by atoms with van der Waals surface area (Å²) in [7, 11) is 0. The molecule has 0 saturated carbocycles. The molecule has 2 heterocycles. The van der Waals surface area contributed by atoms with Gasteiger partial charge in [0.1, 0.15) is 0 Å². The number of benzene rings is 7. The van der Waals surface area contributed by atoms with E-state index in [1.165, 1.54) is 4.57 Å². The fraction of sp³-hybridized carbons (Fsp3) is 0. The van der Waals surface area contributed by atoms with Crippen LogP contribution < -0.4 is 0 Å². The highest BCUT2D eigenvalue weighted by atomic mass is 15.0. The number of aromatic nitrogens is 4. The van der Waals surface area contributed by atoms with Crippen molar-refractivity contribution in [2.24, 2.45) is 0 Å². The second-order valence-corrected chi connectivity index (χ2v) is 11.5. The molecule has 0 aliphatic rings. The van der Waals surface area contributed by atoms with Gasteiger partial charge in [-0.3, -0.25) is 0 Å². The average molecular weight is 635 g/mol. The first-order chi connectivity index (χ1) is 27.6. The van der Waals surface area contributed by atoms with Gasteiger partial charge in [0.25, 0.3) is 0 Å². The Balaban J connectivity index is 1.43. The molecule has 2 aromatic heterocycles. The zero-order valence-corrected chi connectivity index (χ0v) is 26.0. The van der Waals surface area contributed by atoms with E-state index in [0.717, 1.165) is 27.8 Å². The molecule has 7 aromatic carbocycles. The summed E-state index contributed by atoms with van der Waals surface area (Å²) in [4.78, 5) is 14.9. The maximum absolute atomic E-state index is 9.16. The third kappa shape index (κ3) is 5.26. The SMILES string of the molecule is [2H]c1c([2H])c([2H])c2c(c1[2H])c1c([2H])c([2H])c([2H])c([2H])c1n2-c1cc(-c2nc(-c3ccccc3)nc(-c3ccccc3)n2)cc(-c2ccccc2-c2ccccc2)c1. The monoisotopic (exact) mass is 634 g/mol. The first-order valence-electron chi connectivity index (χ1n) is 19.8. The summed E-state index contributed by atoms with van der Waals surface area (Å²) >= 11 is 0. The Morgan fingerprint density at radius 2 is 0.796 bits per heavy atom. The van der Waals surface area contributed by atoms with Gasteiger partial charge >= 0.3 is 0 Å². The first kappa shape index (κ1) is 21.3. The van der Waals surface area contributed by atoms with E-state index in [2.05, 4.69) is 0 Å². The van der Waals surface area contributed by atoms with E-state index in [1.54, 1.807) is 6.07 Å². The summed E-state index contributed by atoms with van der Waals surface area (Å²) in [5.74, 6) is 1.21. The summed E-state index contributed by atoms with van der Waals surface area (Å²) in [6.45, 7) is 0. The van der Waals surface area contributed by atoms with Crippen LogP contribution in [0.5, 0.6) is 0 Å². The Bertz CT molecular complexity index is 2910. The highest BCUT2D eigenvalue weighted by molar-refractivity contribution is 6.09. The largest absolute Gasteiger partial charge is 0.309 e. The van der Waals surface area contributed by atoms with Gasteiger partial charge < -0.3 is 4.57 Å². The van der Waals surface area contributed by atoms with Crippen molar-refractivity contribution in [2.45, 2.75) is 0 Å². The smallest absolute Gasteiger partial charge is 0.164 e. The molecule has 9 rings (SSSR count). The van der Waals surface area contributed by atoms with Crippen LogP contribution in [0.3, 0.4) is 0 Å². The lowest BCUT2D eigenvalue weighted by atomic mass is 9.93. The average Bonchev–Trinajstić information content (AvgIpc) is 3.63. The molecule has 4 nitrogen and oxygen atoms in total. The molecular weight excluding hydrogens is 597 g/mol.